The molecule has 44 heavy (non-hydrogen) atoms. The van der Waals surface area contributed by atoms with Crippen LogP contribution in [0.15, 0.2) is 60.9 Å². The summed E-state index contributed by atoms with van der Waals surface area (Å²) in [4.78, 5) is 33.5. The summed E-state index contributed by atoms with van der Waals surface area (Å²) in [5, 5.41) is 0. The number of amides is 1. The van der Waals surface area contributed by atoms with Crippen molar-refractivity contribution in [2.24, 2.45) is 0 Å². The Kier molecular flexibility index (Phi) is 8.01. The first kappa shape index (κ1) is 29.9. The third kappa shape index (κ3) is 6.53. The van der Waals surface area contributed by atoms with Gasteiger partial charge >= 0.3 is 6.09 Å². The van der Waals surface area contributed by atoms with Gasteiger partial charge in [0.25, 0.3) is 0 Å². The standard InChI is InChI=1S/C35H44N6O3/c1-34(2,3)41-19-9-13-30(41)32-37-22-28(39-32)24-10-7-11-26(20-24)43-25-16-14-23(15-17-25)27-21-36-31(38-27)29-12-8-18-40(29)33(42)44-35(4,5)6/h7,10-11,14-17,20-22,29-30H,8-9,12-13,18-19H2,1-6H3,(H,36,38)(H,37,39)/t29-,30-/m0/s1. The number of aromatic nitrogens is 4. The summed E-state index contributed by atoms with van der Waals surface area (Å²) in [5.74, 6) is 3.31. The van der Waals surface area contributed by atoms with Crippen molar-refractivity contribution in [1.29, 1.82) is 0 Å². The third-order valence-electron chi connectivity index (χ3n) is 8.36. The number of ether oxygens (including phenoxy) is 2. The maximum Gasteiger partial charge on any atom is 0.410 e. The van der Waals surface area contributed by atoms with Crippen LogP contribution in [0.3, 0.4) is 0 Å². The highest BCUT2D eigenvalue weighted by atomic mass is 16.6. The molecule has 2 N–H and O–H groups in total. The van der Waals surface area contributed by atoms with Crippen LogP contribution in [0.4, 0.5) is 4.79 Å². The van der Waals surface area contributed by atoms with Crippen molar-refractivity contribution in [3.8, 4) is 34.0 Å². The average molecular weight is 597 g/mol. The lowest BCUT2D eigenvalue weighted by atomic mass is 10.0. The zero-order valence-electron chi connectivity index (χ0n) is 26.7. The molecule has 4 aromatic rings. The molecule has 232 valence electrons. The lowest BCUT2D eigenvalue weighted by Crippen LogP contribution is -2.40. The monoisotopic (exact) mass is 596 g/mol. The Morgan fingerprint density at radius 3 is 2.11 bits per heavy atom. The van der Waals surface area contributed by atoms with Gasteiger partial charge < -0.3 is 19.4 Å². The van der Waals surface area contributed by atoms with Crippen LogP contribution >= 0.6 is 0 Å². The van der Waals surface area contributed by atoms with Crippen molar-refractivity contribution >= 4 is 6.09 Å². The van der Waals surface area contributed by atoms with Gasteiger partial charge in [-0.15, -0.1) is 0 Å². The average Bonchev–Trinajstić information content (AvgIpc) is 3.78. The Balaban J connectivity index is 1.12. The van der Waals surface area contributed by atoms with Crippen LogP contribution in [0.5, 0.6) is 11.5 Å². The zero-order valence-corrected chi connectivity index (χ0v) is 26.7. The van der Waals surface area contributed by atoms with Gasteiger partial charge in [0, 0.05) is 17.6 Å². The van der Waals surface area contributed by atoms with Gasteiger partial charge in [-0.2, -0.15) is 0 Å². The second kappa shape index (κ2) is 11.8. The molecule has 2 atom stereocenters. The van der Waals surface area contributed by atoms with Crippen LogP contribution in [-0.4, -0.2) is 60.1 Å². The van der Waals surface area contributed by atoms with Crippen molar-refractivity contribution in [2.75, 3.05) is 13.1 Å². The van der Waals surface area contributed by atoms with Gasteiger partial charge in [-0.1, -0.05) is 12.1 Å². The van der Waals surface area contributed by atoms with Gasteiger partial charge in [0.1, 0.15) is 28.7 Å². The van der Waals surface area contributed by atoms with E-state index in [-0.39, 0.29) is 17.7 Å². The molecule has 2 aliphatic rings. The van der Waals surface area contributed by atoms with Crippen LogP contribution in [0.2, 0.25) is 0 Å². The summed E-state index contributed by atoms with van der Waals surface area (Å²) in [5.41, 5.74) is 3.49. The number of nitrogens with zero attached hydrogens (tertiary/aromatic N) is 4. The molecule has 4 heterocycles. The first-order valence-corrected chi connectivity index (χ1v) is 15.7. The van der Waals surface area contributed by atoms with E-state index in [1.807, 2.05) is 75.6 Å². The molecule has 2 aromatic heterocycles. The number of rotatable bonds is 6. The molecule has 2 saturated heterocycles. The molecular formula is C35H44N6O3. The third-order valence-corrected chi connectivity index (χ3v) is 8.36. The molecule has 0 radical (unpaired) electrons. The number of H-pyrrole nitrogens is 2. The van der Waals surface area contributed by atoms with E-state index in [9.17, 15) is 4.79 Å². The summed E-state index contributed by atoms with van der Waals surface area (Å²) in [6.45, 7) is 14.2. The highest BCUT2D eigenvalue weighted by Gasteiger charge is 2.36. The number of benzene rings is 2. The Morgan fingerprint density at radius 2 is 1.43 bits per heavy atom. The summed E-state index contributed by atoms with van der Waals surface area (Å²) in [6.07, 6.45) is 7.55. The van der Waals surface area contributed by atoms with Gasteiger partial charge in [-0.3, -0.25) is 9.80 Å². The Bertz CT molecular complexity index is 1590. The molecule has 1 amide bonds. The van der Waals surface area contributed by atoms with Crippen LogP contribution in [0.25, 0.3) is 22.5 Å². The fourth-order valence-electron chi connectivity index (χ4n) is 6.32. The van der Waals surface area contributed by atoms with Gasteiger partial charge in [0.2, 0.25) is 0 Å². The van der Waals surface area contributed by atoms with Crippen LogP contribution < -0.4 is 4.74 Å². The first-order valence-electron chi connectivity index (χ1n) is 15.7. The van der Waals surface area contributed by atoms with E-state index in [1.54, 1.807) is 4.90 Å². The maximum atomic E-state index is 12.8. The molecule has 2 aromatic carbocycles. The van der Waals surface area contributed by atoms with Crippen LogP contribution in [0.1, 0.15) is 91.0 Å². The molecule has 0 aliphatic carbocycles. The summed E-state index contributed by atoms with van der Waals surface area (Å²) < 4.78 is 11.9. The summed E-state index contributed by atoms with van der Waals surface area (Å²) in [7, 11) is 0. The molecule has 2 fully saturated rings. The second-order valence-electron chi connectivity index (χ2n) is 13.9. The van der Waals surface area contributed by atoms with E-state index in [1.165, 1.54) is 6.42 Å². The fraction of sp³-hybridized carbons (Fsp3) is 0.457. The molecule has 0 spiro atoms. The minimum absolute atomic E-state index is 0.107. The first-order chi connectivity index (χ1) is 20.9. The predicted octanol–water partition coefficient (Wildman–Crippen LogP) is 8.27. The van der Waals surface area contributed by atoms with E-state index >= 15 is 0 Å². The number of likely N-dealkylation sites (tertiary alicyclic amines) is 2. The minimum atomic E-state index is -0.532. The highest BCUT2D eigenvalue weighted by molar-refractivity contribution is 5.69. The van der Waals surface area contributed by atoms with Gasteiger partial charge in [0.15, 0.2) is 0 Å². The number of nitrogens with one attached hydrogen (secondary N) is 2. The minimum Gasteiger partial charge on any atom is -0.457 e. The van der Waals surface area contributed by atoms with E-state index in [4.69, 9.17) is 14.5 Å². The Hall–Kier alpha value is -4.11. The lowest BCUT2D eigenvalue weighted by Gasteiger charge is -2.36. The van der Waals surface area contributed by atoms with Crippen molar-refractivity contribution < 1.29 is 14.3 Å². The van der Waals surface area contributed by atoms with Crippen molar-refractivity contribution in [3.05, 3.63) is 72.6 Å². The molecule has 0 saturated carbocycles. The number of hydrogen-bond donors (Lipinski definition) is 2. The largest absolute Gasteiger partial charge is 0.457 e. The second-order valence-corrected chi connectivity index (χ2v) is 13.9. The number of carbonyl (C=O) groups is 1. The van der Waals surface area contributed by atoms with Gasteiger partial charge in [-0.05, 0) is 116 Å². The zero-order chi connectivity index (χ0) is 31.1. The van der Waals surface area contributed by atoms with Crippen molar-refractivity contribution in [2.45, 2.75) is 90.4 Å². The lowest BCUT2D eigenvalue weighted by molar-refractivity contribution is 0.0218. The number of hydrogen-bond acceptors (Lipinski definition) is 6. The molecule has 9 heteroatoms. The van der Waals surface area contributed by atoms with E-state index in [2.05, 4.69) is 46.7 Å². The number of imidazole rings is 2. The normalized spacial score (nSPS) is 19.5. The quantitative estimate of drug-likeness (QED) is 0.232. The fourth-order valence-corrected chi connectivity index (χ4v) is 6.32. The van der Waals surface area contributed by atoms with Gasteiger partial charge in [-0.25, -0.2) is 14.8 Å². The molecular weight excluding hydrogens is 552 g/mol. The Morgan fingerprint density at radius 1 is 0.795 bits per heavy atom. The van der Waals surface area contributed by atoms with E-state index in [0.717, 1.165) is 71.5 Å². The topological polar surface area (TPSA) is 99.4 Å². The summed E-state index contributed by atoms with van der Waals surface area (Å²) >= 11 is 0. The number of aromatic amines is 2. The maximum absolute atomic E-state index is 12.8. The molecule has 0 bridgehead atoms. The van der Waals surface area contributed by atoms with E-state index < -0.39 is 5.60 Å². The van der Waals surface area contributed by atoms with Crippen LogP contribution in [-0.2, 0) is 4.74 Å². The molecule has 2 aliphatic heterocycles. The Labute approximate surface area is 260 Å². The van der Waals surface area contributed by atoms with Gasteiger partial charge in [0.05, 0.1) is 35.9 Å². The number of carbonyl (C=O) groups excluding carboxylic acids is 1. The smallest absolute Gasteiger partial charge is 0.410 e. The van der Waals surface area contributed by atoms with Crippen LogP contribution in [0, 0.1) is 0 Å². The molecule has 9 nitrogen and oxygen atoms in total. The van der Waals surface area contributed by atoms with E-state index in [0.29, 0.717) is 12.6 Å². The highest BCUT2D eigenvalue weighted by Crippen LogP contribution is 2.37. The molecule has 6 rings (SSSR count). The van der Waals surface area contributed by atoms with Crippen molar-refractivity contribution in [1.82, 2.24) is 29.7 Å². The SMILES string of the molecule is CC(C)(C)OC(=O)N1CCC[C@H]1c1ncc(-c2ccc(Oc3cccc(-c4cnc([C@@H]5CCCN5C(C)(C)C)[nH]4)c3)cc2)[nH]1. The summed E-state index contributed by atoms with van der Waals surface area (Å²) in [6, 6.07) is 16.2. The molecule has 0 unspecified atom stereocenters. The van der Waals surface area contributed by atoms with Crippen molar-refractivity contribution in [3.63, 3.8) is 0 Å². The predicted molar refractivity (Wildman–Crippen MR) is 171 cm³/mol.